The van der Waals surface area contributed by atoms with Crippen LogP contribution in [0.15, 0.2) is 0 Å². The van der Waals surface area contributed by atoms with Gasteiger partial charge in [-0.25, -0.2) is 9.59 Å². The molecule has 0 aliphatic carbocycles. The lowest BCUT2D eigenvalue weighted by atomic mass is 10.4. The van der Waals surface area contributed by atoms with Crippen molar-refractivity contribution in [3.63, 3.8) is 0 Å². The minimum absolute atomic E-state index is 0.0626. The maximum Gasteiger partial charge on any atom is 0.323 e. The molecule has 5 nitrogen and oxygen atoms in total. The molecular weight excluding hydrogens is 186 g/mol. The van der Waals surface area contributed by atoms with Gasteiger partial charge in [0.1, 0.15) is 0 Å². The third-order valence-electron chi connectivity index (χ3n) is 2.43. The summed E-state index contributed by atoms with van der Waals surface area (Å²) in [6.07, 6.45) is 0.673. The Hall–Kier alpha value is -0.780. The van der Waals surface area contributed by atoms with Crippen molar-refractivity contribution in [1.82, 2.24) is 0 Å². The number of imide groups is 1. The van der Waals surface area contributed by atoms with E-state index in [0.717, 1.165) is 0 Å². The van der Waals surface area contributed by atoms with Crippen molar-refractivity contribution in [2.75, 3.05) is 34.1 Å². The molecule has 1 aliphatic rings. The first kappa shape index (κ1) is 11.3. The molecule has 80 valence electrons. The van der Waals surface area contributed by atoms with Gasteiger partial charge in [0.05, 0.1) is 33.1 Å². The Labute approximate surface area is 83.2 Å². The van der Waals surface area contributed by atoms with Crippen LogP contribution in [-0.2, 0) is 19.1 Å². The molecule has 0 unspecified atom stereocenters. The predicted molar refractivity (Wildman–Crippen MR) is 48.1 cm³/mol. The molecule has 0 aromatic heterocycles. The van der Waals surface area contributed by atoms with E-state index in [1.807, 2.05) is 0 Å². The van der Waals surface area contributed by atoms with Crippen LogP contribution >= 0.6 is 0 Å². The van der Waals surface area contributed by atoms with Gasteiger partial charge in [-0.1, -0.05) is 0 Å². The number of ether oxygens (including phenoxy) is 2. The van der Waals surface area contributed by atoms with Crippen molar-refractivity contribution in [1.29, 1.82) is 0 Å². The van der Waals surface area contributed by atoms with Crippen molar-refractivity contribution in [2.24, 2.45) is 0 Å². The standard InChI is InChI=1S/C9H16NO4/c1-10(7-14-6-5-13-2)8(11)3-4-9(10)12/h3-7H2,1-2H3/q+1. The Morgan fingerprint density at radius 3 is 2.29 bits per heavy atom. The smallest absolute Gasteiger partial charge is 0.323 e. The maximum atomic E-state index is 11.4. The number of nitrogens with zero attached hydrogens (tertiary/aromatic N) is 1. The van der Waals surface area contributed by atoms with Crippen molar-refractivity contribution in [3.05, 3.63) is 0 Å². The van der Waals surface area contributed by atoms with Crippen LogP contribution in [-0.4, -0.2) is 50.4 Å². The molecule has 0 spiro atoms. The van der Waals surface area contributed by atoms with E-state index in [9.17, 15) is 9.59 Å². The van der Waals surface area contributed by atoms with Crippen molar-refractivity contribution >= 4 is 11.8 Å². The number of quaternary nitrogens is 1. The van der Waals surface area contributed by atoms with Crippen LogP contribution in [0, 0.1) is 0 Å². The van der Waals surface area contributed by atoms with E-state index in [0.29, 0.717) is 26.1 Å². The first-order valence-corrected chi connectivity index (χ1v) is 4.60. The first-order valence-electron chi connectivity index (χ1n) is 4.60. The third-order valence-corrected chi connectivity index (χ3v) is 2.43. The summed E-state index contributed by atoms with van der Waals surface area (Å²) in [7, 11) is 3.18. The molecule has 1 rings (SSSR count). The van der Waals surface area contributed by atoms with Crippen LogP contribution in [0.25, 0.3) is 0 Å². The van der Waals surface area contributed by atoms with Crippen LogP contribution in [0.4, 0.5) is 0 Å². The second-order valence-corrected chi connectivity index (χ2v) is 3.51. The normalized spacial score (nSPS) is 20.4. The summed E-state index contributed by atoms with van der Waals surface area (Å²) in [4.78, 5) is 22.8. The Balaban J connectivity index is 2.40. The first-order chi connectivity index (χ1) is 6.61. The highest BCUT2D eigenvalue weighted by molar-refractivity contribution is 5.91. The van der Waals surface area contributed by atoms with Crippen molar-refractivity contribution in [3.8, 4) is 0 Å². The fourth-order valence-electron chi connectivity index (χ4n) is 1.38. The quantitative estimate of drug-likeness (QED) is 0.355. The SMILES string of the molecule is COCCOC[N+]1(C)C(=O)CCC1=O. The largest absolute Gasteiger partial charge is 0.382 e. The van der Waals surface area contributed by atoms with E-state index >= 15 is 0 Å². The molecule has 0 aromatic rings. The number of likely N-dealkylation sites (tertiary alicyclic amines) is 1. The molecule has 1 fully saturated rings. The van der Waals surface area contributed by atoms with Crippen LogP contribution in [0.2, 0.25) is 0 Å². The fourth-order valence-corrected chi connectivity index (χ4v) is 1.38. The Bertz CT molecular complexity index is 223. The van der Waals surface area contributed by atoms with Gasteiger partial charge in [-0.3, -0.25) is 0 Å². The third kappa shape index (κ3) is 2.17. The van der Waals surface area contributed by atoms with Gasteiger partial charge in [-0.15, -0.1) is 0 Å². The summed E-state index contributed by atoms with van der Waals surface area (Å²) in [5.41, 5.74) is 0. The topological polar surface area (TPSA) is 52.6 Å². The van der Waals surface area contributed by atoms with E-state index in [2.05, 4.69) is 0 Å². The average Bonchev–Trinajstić information content (AvgIpc) is 2.42. The van der Waals surface area contributed by atoms with Crippen LogP contribution < -0.4 is 0 Å². The van der Waals surface area contributed by atoms with Crippen molar-refractivity contribution < 1.29 is 23.5 Å². The zero-order valence-corrected chi connectivity index (χ0v) is 8.62. The second kappa shape index (κ2) is 4.63. The number of hydrogen-bond donors (Lipinski definition) is 0. The molecule has 0 aromatic carbocycles. The van der Waals surface area contributed by atoms with E-state index in [1.165, 1.54) is 0 Å². The molecule has 1 heterocycles. The molecule has 0 atom stereocenters. The highest BCUT2D eigenvalue weighted by atomic mass is 16.5. The van der Waals surface area contributed by atoms with E-state index in [-0.39, 0.29) is 23.0 Å². The minimum Gasteiger partial charge on any atom is -0.382 e. The average molecular weight is 202 g/mol. The number of amides is 2. The van der Waals surface area contributed by atoms with Gasteiger partial charge >= 0.3 is 11.8 Å². The molecule has 0 radical (unpaired) electrons. The summed E-state index contributed by atoms with van der Waals surface area (Å²) in [6.45, 7) is 1.01. The zero-order valence-electron chi connectivity index (χ0n) is 8.62. The molecule has 0 N–H and O–H groups in total. The number of carbonyl (C=O) groups excluding carboxylic acids is 2. The lowest BCUT2D eigenvalue weighted by molar-refractivity contribution is -0.776. The zero-order chi connectivity index (χ0) is 10.6. The molecule has 0 saturated carbocycles. The molecule has 1 aliphatic heterocycles. The summed E-state index contributed by atoms with van der Waals surface area (Å²) in [5, 5.41) is 0. The summed E-state index contributed by atoms with van der Waals surface area (Å²) in [6, 6.07) is 0. The number of carbonyl (C=O) groups is 2. The molecule has 1 saturated heterocycles. The van der Waals surface area contributed by atoms with Crippen LogP contribution in [0.5, 0.6) is 0 Å². The van der Waals surface area contributed by atoms with Gasteiger partial charge in [0.2, 0.25) is 0 Å². The fraction of sp³-hybridized carbons (Fsp3) is 0.778. The van der Waals surface area contributed by atoms with Gasteiger partial charge in [0.15, 0.2) is 6.73 Å². The van der Waals surface area contributed by atoms with E-state index in [4.69, 9.17) is 9.47 Å². The van der Waals surface area contributed by atoms with Gasteiger partial charge in [0, 0.05) is 7.11 Å². The van der Waals surface area contributed by atoms with Crippen LogP contribution in [0.1, 0.15) is 12.8 Å². The summed E-state index contributed by atoms with van der Waals surface area (Å²) in [5.74, 6) is -0.125. The molecule has 2 amide bonds. The predicted octanol–water partition coefficient (Wildman–Crippen LogP) is -0.0995. The molecule has 5 heteroatoms. The van der Waals surface area contributed by atoms with Crippen LogP contribution in [0.3, 0.4) is 0 Å². The Morgan fingerprint density at radius 1 is 1.21 bits per heavy atom. The summed E-state index contributed by atoms with van der Waals surface area (Å²) >= 11 is 0. The second-order valence-electron chi connectivity index (χ2n) is 3.51. The molecule has 14 heavy (non-hydrogen) atoms. The van der Waals surface area contributed by atoms with Gasteiger partial charge in [0.25, 0.3) is 0 Å². The van der Waals surface area contributed by atoms with Crippen molar-refractivity contribution in [2.45, 2.75) is 12.8 Å². The molecule has 0 bridgehead atoms. The monoisotopic (exact) mass is 202 g/mol. The lowest BCUT2D eigenvalue weighted by Gasteiger charge is -2.22. The number of methoxy groups -OCH3 is 1. The Morgan fingerprint density at radius 2 is 1.79 bits per heavy atom. The molecular formula is C9H16NO4+. The van der Waals surface area contributed by atoms with E-state index in [1.54, 1.807) is 14.2 Å². The highest BCUT2D eigenvalue weighted by Crippen LogP contribution is 2.19. The maximum absolute atomic E-state index is 11.4. The van der Waals surface area contributed by atoms with Gasteiger partial charge in [-0.05, 0) is 0 Å². The summed E-state index contributed by atoms with van der Waals surface area (Å²) < 4.78 is 9.78. The Kier molecular flexibility index (Phi) is 3.74. The van der Waals surface area contributed by atoms with Gasteiger partial charge < -0.3 is 9.47 Å². The number of rotatable bonds is 5. The van der Waals surface area contributed by atoms with Gasteiger partial charge in [-0.2, -0.15) is 4.48 Å². The number of hydrogen-bond acceptors (Lipinski definition) is 4. The van der Waals surface area contributed by atoms with E-state index < -0.39 is 0 Å². The minimum atomic E-state index is -0.219. The highest BCUT2D eigenvalue weighted by Gasteiger charge is 2.45. The lowest BCUT2D eigenvalue weighted by Crippen LogP contribution is -2.50.